The fraction of sp³-hybridized carbons (Fsp3) is 0.360. The molecule has 0 fully saturated rings. The molecule has 0 aliphatic carbocycles. The molecule has 0 aromatic heterocycles. The molecular weight excluding hydrogens is 300 g/mol. The third-order valence-corrected chi connectivity index (χ3v) is 3.66. The van der Waals surface area contributed by atoms with Crippen molar-refractivity contribution in [2.75, 3.05) is 0 Å². The summed E-state index contributed by atoms with van der Waals surface area (Å²) in [6, 6.07) is 13.0. The average molecular weight is 339 g/mol. The van der Waals surface area contributed by atoms with E-state index in [9.17, 15) is 0 Å². The van der Waals surface area contributed by atoms with Gasteiger partial charge in [0.2, 0.25) is 0 Å². The molecule has 25 heavy (non-hydrogen) atoms. The summed E-state index contributed by atoms with van der Waals surface area (Å²) in [5, 5.41) is 0. The fourth-order valence-electron chi connectivity index (χ4n) is 1.78. The highest BCUT2D eigenvalue weighted by Gasteiger charge is 1.89. The van der Waals surface area contributed by atoms with E-state index in [-0.39, 0.29) is 0 Å². The predicted octanol–water partition coefficient (Wildman–Crippen LogP) is 8.00. The largest absolute Gasteiger partial charge is 0.103 e. The van der Waals surface area contributed by atoms with Crippen molar-refractivity contribution in [1.82, 2.24) is 0 Å². The lowest BCUT2D eigenvalue weighted by Crippen LogP contribution is -1.79. The maximum atomic E-state index is 3.36. The first-order valence-corrected chi connectivity index (χ1v) is 8.95. The van der Waals surface area contributed by atoms with Crippen LogP contribution in [0.2, 0.25) is 0 Å². The molecule has 0 heterocycles. The zero-order valence-electron chi connectivity index (χ0n) is 17.9. The second-order valence-corrected chi connectivity index (χ2v) is 6.25. The van der Waals surface area contributed by atoms with Gasteiger partial charge in [0.15, 0.2) is 0 Å². The number of aryl methyl sites for hydroxylation is 6. The number of allylic oxidation sites excluding steroid dienone is 3. The van der Waals surface area contributed by atoms with Gasteiger partial charge in [-0.3, -0.25) is 0 Å². The topological polar surface area (TPSA) is 0 Å². The van der Waals surface area contributed by atoms with E-state index in [1.54, 1.807) is 6.08 Å². The Hall–Kier alpha value is -2.08. The molecule has 0 heteroatoms. The van der Waals surface area contributed by atoms with Crippen molar-refractivity contribution >= 4 is 0 Å². The first-order valence-electron chi connectivity index (χ1n) is 8.95. The molecule has 0 spiro atoms. The minimum atomic E-state index is 1.35. The van der Waals surface area contributed by atoms with Gasteiger partial charge in [-0.15, -0.1) is 6.58 Å². The third-order valence-electron chi connectivity index (χ3n) is 3.66. The Kier molecular flexibility index (Phi) is 15.5. The molecule has 0 aliphatic heterocycles. The van der Waals surface area contributed by atoms with E-state index in [2.05, 4.69) is 84.5 Å². The summed E-state index contributed by atoms with van der Waals surface area (Å²) in [5.41, 5.74) is 8.21. The maximum Gasteiger partial charge on any atom is -0.0395 e. The van der Waals surface area contributed by atoms with E-state index in [1.165, 1.54) is 33.4 Å². The summed E-state index contributed by atoms with van der Waals surface area (Å²) in [5.74, 6) is 0. The van der Waals surface area contributed by atoms with Crippen LogP contribution >= 0.6 is 0 Å². The summed E-state index contributed by atoms with van der Waals surface area (Å²) >= 11 is 0. The van der Waals surface area contributed by atoms with Crippen LogP contribution < -0.4 is 0 Å². The van der Waals surface area contributed by atoms with E-state index in [1.807, 2.05) is 32.9 Å². The number of hydrogen-bond donors (Lipinski definition) is 0. The molecule has 0 unspecified atom stereocenters. The van der Waals surface area contributed by atoms with Crippen molar-refractivity contribution in [3.05, 3.63) is 94.6 Å². The van der Waals surface area contributed by atoms with Crippen LogP contribution in [0.15, 0.2) is 61.2 Å². The number of benzene rings is 2. The lowest BCUT2D eigenvalue weighted by Gasteiger charge is -1.98. The van der Waals surface area contributed by atoms with Gasteiger partial charge in [-0.2, -0.15) is 0 Å². The first-order chi connectivity index (χ1) is 11.7. The standard InChI is InChI=1S/2C9H12.C4H8.C3H6/c2*1-7-4-5-8(2)9(3)6-7;1-3-4-2;1-3-2/h2*4-6H,1-3H3;3-4H,1-2H3;3H,1H2,2H3/b;;4-3+;. The SMILES string of the molecule is C/C=C/C.C=CC.Cc1ccc(C)c(C)c1.Cc1ccc(C)c(C)c1. The Morgan fingerprint density at radius 2 is 0.840 bits per heavy atom. The molecule has 0 saturated heterocycles. The van der Waals surface area contributed by atoms with Crippen LogP contribution in [0.1, 0.15) is 54.2 Å². The molecule has 0 N–H and O–H groups in total. The molecule has 138 valence electrons. The second-order valence-electron chi connectivity index (χ2n) is 6.25. The third kappa shape index (κ3) is 14.0. The Bertz CT molecular complexity index is 577. The van der Waals surface area contributed by atoms with Gasteiger partial charge in [0.25, 0.3) is 0 Å². The molecule has 0 bridgehead atoms. The highest BCUT2D eigenvalue weighted by atomic mass is 14.0. The summed E-state index contributed by atoms with van der Waals surface area (Å²) in [6.45, 7) is 22.0. The van der Waals surface area contributed by atoms with Gasteiger partial charge < -0.3 is 0 Å². The lowest BCUT2D eigenvalue weighted by atomic mass is 10.1. The van der Waals surface area contributed by atoms with Crippen molar-refractivity contribution in [1.29, 1.82) is 0 Å². The zero-order valence-corrected chi connectivity index (χ0v) is 17.9. The zero-order chi connectivity index (χ0) is 19.8. The molecule has 2 aromatic rings. The Morgan fingerprint density at radius 3 is 1.00 bits per heavy atom. The van der Waals surface area contributed by atoms with Gasteiger partial charge in [-0.05, 0) is 84.6 Å². The minimum Gasteiger partial charge on any atom is -0.103 e. The van der Waals surface area contributed by atoms with Crippen molar-refractivity contribution in [3.8, 4) is 0 Å². The van der Waals surface area contributed by atoms with E-state index in [4.69, 9.17) is 0 Å². The van der Waals surface area contributed by atoms with Gasteiger partial charge in [0.05, 0.1) is 0 Å². The molecular formula is C25H38. The van der Waals surface area contributed by atoms with Crippen LogP contribution in [0.4, 0.5) is 0 Å². The van der Waals surface area contributed by atoms with Crippen LogP contribution in [0.25, 0.3) is 0 Å². The van der Waals surface area contributed by atoms with Gasteiger partial charge in [0, 0.05) is 0 Å². The normalized spacial score (nSPS) is 9.00. The molecule has 0 nitrogen and oxygen atoms in total. The van der Waals surface area contributed by atoms with E-state index < -0.39 is 0 Å². The Labute approximate surface area is 157 Å². The van der Waals surface area contributed by atoms with Gasteiger partial charge >= 0.3 is 0 Å². The molecule has 2 aromatic carbocycles. The van der Waals surface area contributed by atoms with Crippen molar-refractivity contribution in [2.45, 2.75) is 62.3 Å². The lowest BCUT2D eigenvalue weighted by molar-refractivity contribution is 1.30. The molecule has 0 radical (unpaired) electrons. The average Bonchev–Trinajstić information content (AvgIpc) is 2.56. The minimum absolute atomic E-state index is 1.35. The predicted molar refractivity (Wildman–Crippen MR) is 118 cm³/mol. The van der Waals surface area contributed by atoms with Crippen molar-refractivity contribution in [2.24, 2.45) is 0 Å². The monoisotopic (exact) mass is 338 g/mol. The number of hydrogen-bond acceptors (Lipinski definition) is 0. The molecule has 0 atom stereocenters. The molecule has 0 aliphatic rings. The summed E-state index contributed by atoms with van der Waals surface area (Å²) in [4.78, 5) is 0. The second kappa shape index (κ2) is 15.4. The van der Waals surface area contributed by atoms with Crippen LogP contribution in [0.5, 0.6) is 0 Å². The van der Waals surface area contributed by atoms with Crippen molar-refractivity contribution < 1.29 is 0 Å². The molecule has 0 amide bonds. The fourth-order valence-corrected chi connectivity index (χ4v) is 1.78. The smallest absolute Gasteiger partial charge is 0.0395 e. The van der Waals surface area contributed by atoms with Crippen LogP contribution in [-0.2, 0) is 0 Å². The quantitative estimate of drug-likeness (QED) is 0.427. The van der Waals surface area contributed by atoms with E-state index in [0.29, 0.717) is 0 Å². The van der Waals surface area contributed by atoms with Crippen LogP contribution in [0.3, 0.4) is 0 Å². The highest BCUT2D eigenvalue weighted by molar-refractivity contribution is 5.29. The van der Waals surface area contributed by atoms with Crippen LogP contribution in [0, 0.1) is 41.5 Å². The van der Waals surface area contributed by atoms with Crippen LogP contribution in [-0.4, -0.2) is 0 Å². The maximum absolute atomic E-state index is 3.36. The summed E-state index contributed by atoms with van der Waals surface area (Å²) in [6.07, 6.45) is 5.75. The highest BCUT2D eigenvalue weighted by Crippen LogP contribution is 2.08. The summed E-state index contributed by atoms with van der Waals surface area (Å²) in [7, 11) is 0. The van der Waals surface area contributed by atoms with Gasteiger partial charge in [0.1, 0.15) is 0 Å². The van der Waals surface area contributed by atoms with E-state index >= 15 is 0 Å². The van der Waals surface area contributed by atoms with Crippen molar-refractivity contribution in [3.63, 3.8) is 0 Å². The van der Waals surface area contributed by atoms with Gasteiger partial charge in [-0.25, -0.2) is 0 Å². The molecule has 2 rings (SSSR count). The number of rotatable bonds is 0. The Balaban J connectivity index is 0. The van der Waals surface area contributed by atoms with E-state index in [0.717, 1.165) is 0 Å². The molecule has 0 saturated carbocycles. The Morgan fingerprint density at radius 1 is 0.560 bits per heavy atom. The van der Waals surface area contributed by atoms with Gasteiger partial charge in [-0.1, -0.05) is 65.8 Å². The first kappa shape index (κ1) is 25.2. The summed E-state index contributed by atoms with van der Waals surface area (Å²) < 4.78 is 0.